The lowest BCUT2D eigenvalue weighted by Crippen LogP contribution is -2.49. The smallest absolute Gasteiger partial charge is 0.262 e. The summed E-state index contributed by atoms with van der Waals surface area (Å²) in [5.74, 6) is 1.19. The van der Waals surface area contributed by atoms with E-state index in [1.165, 1.54) is 0 Å². The van der Waals surface area contributed by atoms with Crippen LogP contribution in [-0.2, 0) is 16.0 Å². The quantitative estimate of drug-likeness (QED) is 0.435. The molecule has 0 bridgehead atoms. The molecule has 0 unspecified atom stereocenters. The first-order valence-corrected chi connectivity index (χ1v) is 11.9. The number of hydrogen-bond acceptors (Lipinski definition) is 6. The number of piperazine rings is 1. The number of carbonyl (C=O) groups excluding carboxylic acids is 2. The van der Waals surface area contributed by atoms with Gasteiger partial charge in [-0.15, -0.1) is 0 Å². The van der Waals surface area contributed by atoms with Gasteiger partial charge in [0, 0.05) is 44.3 Å². The third kappa shape index (κ3) is 5.78. The van der Waals surface area contributed by atoms with Gasteiger partial charge in [0.2, 0.25) is 11.9 Å². The predicted octanol–water partition coefficient (Wildman–Crippen LogP) is 3.54. The predicted molar refractivity (Wildman–Crippen MR) is 139 cm³/mol. The molecule has 36 heavy (non-hydrogen) atoms. The van der Waals surface area contributed by atoms with Crippen molar-refractivity contribution in [2.75, 3.05) is 43.0 Å². The molecule has 182 valence electrons. The van der Waals surface area contributed by atoms with Crippen molar-refractivity contribution >= 4 is 34.2 Å². The highest BCUT2D eigenvalue weighted by atomic mass is 16.5. The van der Waals surface area contributed by atoms with Gasteiger partial charge in [0.15, 0.2) is 6.61 Å². The maximum absolute atomic E-state index is 12.8. The first-order valence-electron chi connectivity index (χ1n) is 11.9. The van der Waals surface area contributed by atoms with Crippen molar-refractivity contribution in [3.05, 3.63) is 90.8 Å². The summed E-state index contributed by atoms with van der Waals surface area (Å²) in [5, 5.41) is 5.02. The van der Waals surface area contributed by atoms with Gasteiger partial charge in [0.25, 0.3) is 5.91 Å². The molecule has 8 heteroatoms. The molecule has 1 fully saturated rings. The molecule has 0 aliphatic carbocycles. The number of carbonyl (C=O) groups is 2. The van der Waals surface area contributed by atoms with Crippen molar-refractivity contribution in [2.24, 2.45) is 0 Å². The number of ether oxygens (including phenoxy) is 1. The number of nitrogens with one attached hydrogen (secondary N) is 1. The van der Waals surface area contributed by atoms with Crippen LogP contribution in [0.1, 0.15) is 5.56 Å². The zero-order chi connectivity index (χ0) is 24.7. The van der Waals surface area contributed by atoms with Crippen LogP contribution in [0.3, 0.4) is 0 Å². The Labute approximate surface area is 209 Å². The van der Waals surface area contributed by atoms with Crippen molar-refractivity contribution in [3.63, 3.8) is 0 Å². The van der Waals surface area contributed by atoms with E-state index in [2.05, 4.69) is 20.2 Å². The lowest BCUT2D eigenvalue weighted by Gasteiger charge is -2.34. The molecule has 0 radical (unpaired) electrons. The summed E-state index contributed by atoms with van der Waals surface area (Å²) >= 11 is 0. The number of hydrogen-bond donors (Lipinski definition) is 1. The van der Waals surface area contributed by atoms with Gasteiger partial charge >= 0.3 is 0 Å². The number of nitrogens with zero attached hydrogens (tertiary/aromatic N) is 4. The van der Waals surface area contributed by atoms with Crippen LogP contribution in [-0.4, -0.2) is 59.5 Å². The first kappa shape index (κ1) is 23.3. The van der Waals surface area contributed by atoms with E-state index in [1.54, 1.807) is 30.6 Å². The third-order valence-corrected chi connectivity index (χ3v) is 6.15. The average molecular weight is 482 g/mol. The van der Waals surface area contributed by atoms with Crippen LogP contribution in [0.15, 0.2) is 85.2 Å². The fourth-order valence-corrected chi connectivity index (χ4v) is 4.21. The summed E-state index contributed by atoms with van der Waals surface area (Å²) in [7, 11) is 0. The minimum Gasteiger partial charge on any atom is -0.484 e. The van der Waals surface area contributed by atoms with Crippen molar-refractivity contribution in [1.82, 2.24) is 14.9 Å². The molecule has 1 saturated heterocycles. The minimum absolute atomic E-state index is 0.0847. The summed E-state index contributed by atoms with van der Waals surface area (Å²) in [6, 6.07) is 22.9. The fraction of sp³-hybridized carbons (Fsp3) is 0.214. The van der Waals surface area contributed by atoms with E-state index in [0.29, 0.717) is 50.0 Å². The molecule has 1 aliphatic heterocycles. The van der Waals surface area contributed by atoms with Crippen molar-refractivity contribution in [2.45, 2.75) is 6.42 Å². The van der Waals surface area contributed by atoms with Gasteiger partial charge in [-0.2, -0.15) is 0 Å². The summed E-state index contributed by atoms with van der Waals surface area (Å²) in [4.78, 5) is 37.6. The molecule has 0 spiro atoms. The maximum Gasteiger partial charge on any atom is 0.262 e. The highest BCUT2D eigenvalue weighted by Crippen LogP contribution is 2.20. The second-order valence-electron chi connectivity index (χ2n) is 8.64. The second kappa shape index (κ2) is 10.9. The molecule has 1 N–H and O–H groups in total. The molecule has 1 aromatic heterocycles. The highest BCUT2D eigenvalue weighted by Gasteiger charge is 2.22. The Morgan fingerprint density at radius 2 is 1.56 bits per heavy atom. The van der Waals surface area contributed by atoms with Crippen molar-refractivity contribution in [3.8, 4) is 5.75 Å². The van der Waals surface area contributed by atoms with Gasteiger partial charge in [-0.1, -0.05) is 42.5 Å². The van der Waals surface area contributed by atoms with Crippen LogP contribution in [0.2, 0.25) is 0 Å². The van der Waals surface area contributed by atoms with Gasteiger partial charge in [0.1, 0.15) is 5.75 Å². The van der Waals surface area contributed by atoms with Gasteiger partial charge < -0.3 is 19.9 Å². The van der Waals surface area contributed by atoms with Crippen LogP contribution in [0.25, 0.3) is 10.8 Å². The zero-order valence-electron chi connectivity index (χ0n) is 19.8. The van der Waals surface area contributed by atoms with Crippen molar-refractivity contribution < 1.29 is 14.3 Å². The van der Waals surface area contributed by atoms with Crippen molar-refractivity contribution in [1.29, 1.82) is 0 Å². The van der Waals surface area contributed by atoms with Gasteiger partial charge in [-0.05, 0) is 46.7 Å². The molecule has 3 aromatic carbocycles. The Hall–Kier alpha value is -4.46. The van der Waals surface area contributed by atoms with E-state index in [4.69, 9.17) is 4.74 Å². The van der Waals surface area contributed by atoms with Gasteiger partial charge in [0.05, 0.1) is 6.42 Å². The summed E-state index contributed by atoms with van der Waals surface area (Å²) < 4.78 is 5.65. The van der Waals surface area contributed by atoms with Crippen LogP contribution in [0.5, 0.6) is 5.75 Å². The molecule has 1 aliphatic rings. The normalized spacial score (nSPS) is 13.4. The molecular weight excluding hydrogens is 454 g/mol. The van der Waals surface area contributed by atoms with Gasteiger partial charge in [-0.3, -0.25) is 9.59 Å². The lowest BCUT2D eigenvalue weighted by atomic mass is 10.1. The highest BCUT2D eigenvalue weighted by molar-refractivity contribution is 5.92. The number of amides is 2. The van der Waals surface area contributed by atoms with E-state index in [-0.39, 0.29) is 18.4 Å². The Bertz CT molecular complexity index is 1340. The van der Waals surface area contributed by atoms with E-state index in [1.807, 2.05) is 59.5 Å². The topological polar surface area (TPSA) is 87.7 Å². The average Bonchev–Trinajstić information content (AvgIpc) is 2.93. The van der Waals surface area contributed by atoms with Crippen LogP contribution < -0.4 is 15.0 Å². The summed E-state index contributed by atoms with van der Waals surface area (Å²) in [5.41, 5.74) is 1.56. The molecule has 0 saturated carbocycles. The SMILES string of the molecule is O=C(COc1ccc2ccccc2c1)Nc1ccc(CC(=O)N2CCN(c3ncccn3)CC2)cc1. The maximum atomic E-state index is 12.8. The molecule has 4 aromatic rings. The Morgan fingerprint density at radius 1 is 0.833 bits per heavy atom. The number of rotatable bonds is 7. The van der Waals surface area contributed by atoms with Crippen LogP contribution in [0, 0.1) is 0 Å². The van der Waals surface area contributed by atoms with E-state index in [0.717, 1.165) is 16.3 Å². The molecular formula is C28H27N5O3. The Balaban J connectivity index is 1.07. The number of benzene rings is 3. The molecule has 2 amide bonds. The van der Waals surface area contributed by atoms with Gasteiger partial charge in [-0.25, -0.2) is 9.97 Å². The molecule has 8 nitrogen and oxygen atoms in total. The second-order valence-corrected chi connectivity index (χ2v) is 8.64. The van der Waals surface area contributed by atoms with E-state index in [9.17, 15) is 9.59 Å². The lowest BCUT2D eigenvalue weighted by molar-refractivity contribution is -0.130. The summed E-state index contributed by atoms with van der Waals surface area (Å²) in [6.45, 7) is 2.62. The Morgan fingerprint density at radius 3 is 2.31 bits per heavy atom. The van der Waals surface area contributed by atoms with Crippen LogP contribution in [0.4, 0.5) is 11.6 Å². The largest absolute Gasteiger partial charge is 0.484 e. The number of fused-ring (bicyclic) bond motifs is 1. The summed E-state index contributed by atoms with van der Waals surface area (Å²) in [6.07, 6.45) is 3.77. The van der Waals surface area contributed by atoms with Crippen LogP contribution >= 0.6 is 0 Å². The zero-order valence-corrected chi connectivity index (χ0v) is 19.8. The van der Waals surface area contributed by atoms with E-state index < -0.39 is 0 Å². The Kier molecular flexibility index (Phi) is 7.02. The number of anilines is 2. The fourth-order valence-electron chi connectivity index (χ4n) is 4.21. The van der Waals surface area contributed by atoms with E-state index >= 15 is 0 Å². The molecule has 5 rings (SSSR count). The minimum atomic E-state index is -0.243. The molecule has 2 heterocycles. The standard InChI is InChI=1S/C28H27N5O3/c34-26(20-36-25-11-8-22-4-1-2-5-23(22)19-25)31-24-9-6-21(7-10-24)18-27(35)32-14-16-33(17-15-32)28-29-12-3-13-30-28/h1-13,19H,14-18,20H2,(H,31,34). The molecule has 0 atom stereocenters. The number of aromatic nitrogens is 2. The monoisotopic (exact) mass is 481 g/mol. The first-order chi connectivity index (χ1) is 17.6. The third-order valence-electron chi connectivity index (χ3n) is 6.15.